The molecule has 1 saturated heterocycles. The smallest absolute Gasteiger partial charge is 0.265 e. The Balaban J connectivity index is 1.66. The van der Waals surface area contributed by atoms with E-state index in [1.54, 1.807) is 29.2 Å². The number of benzene rings is 2. The number of aryl methyl sites for hydroxylation is 1. The molecule has 0 unspecified atom stereocenters. The maximum atomic E-state index is 13.3. The van der Waals surface area contributed by atoms with Gasteiger partial charge in [0.1, 0.15) is 6.54 Å². The van der Waals surface area contributed by atoms with E-state index in [0.29, 0.717) is 37.2 Å². The molecular weight excluding hydrogens is 390 g/mol. The highest BCUT2D eigenvalue weighted by Crippen LogP contribution is 2.43. The molecule has 2 heterocycles. The van der Waals surface area contributed by atoms with Crippen molar-refractivity contribution in [3.05, 3.63) is 48.0 Å². The van der Waals surface area contributed by atoms with E-state index in [2.05, 4.69) is 0 Å². The third-order valence-electron chi connectivity index (χ3n) is 5.69. The maximum absolute atomic E-state index is 13.3. The lowest BCUT2D eigenvalue weighted by molar-refractivity contribution is -0.133. The van der Waals surface area contributed by atoms with Crippen molar-refractivity contribution in [1.29, 1.82) is 0 Å². The number of sulfonamides is 1. The molecule has 2 amide bonds. The molecule has 2 aliphatic heterocycles. The zero-order valence-corrected chi connectivity index (χ0v) is 17.0. The second kappa shape index (κ2) is 7.18. The van der Waals surface area contributed by atoms with Crippen LogP contribution < -0.4 is 10.0 Å². The molecule has 0 bridgehead atoms. The first kappa shape index (κ1) is 19.4. The Kier molecular flexibility index (Phi) is 4.82. The summed E-state index contributed by atoms with van der Waals surface area (Å²) >= 11 is 0. The Morgan fingerprint density at radius 1 is 1.07 bits per heavy atom. The number of piperidine rings is 1. The van der Waals surface area contributed by atoms with Gasteiger partial charge in [0.15, 0.2) is 0 Å². The number of fused-ring (bicyclic) bond motifs is 3. The lowest BCUT2D eigenvalue weighted by Gasteiger charge is -2.35. The van der Waals surface area contributed by atoms with Gasteiger partial charge < -0.3 is 10.6 Å². The molecule has 0 saturated carbocycles. The van der Waals surface area contributed by atoms with E-state index in [9.17, 15) is 18.0 Å². The Morgan fingerprint density at radius 2 is 1.76 bits per heavy atom. The molecule has 0 spiro atoms. The summed E-state index contributed by atoms with van der Waals surface area (Å²) in [5, 5.41) is 0. The summed E-state index contributed by atoms with van der Waals surface area (Å²) in [7, 11) is -3.86. The highest BCUT2D eigenvalue weighted by Gasteiger charge is 2.37. The molecule has 2 N–H and O–H groups in total. The van der Waals surface area contributed by atoms with Crippen LogP contribution in [0.15, 0.2) is 47.4 Å². The first-order chi connectivity index (χ1) is 13.8. The number of likely N-dealkylation sites (tertiary alicyclic amines) is 1. The van der Waals surface area contributed by atoms with Crippen molar-refractivity contribution in [1.82, 2.24) is 4.90 Å². The Morgan fingerprint density at radius 3 is 2.45 bits per heavy atom. The monoisotopic (exact) mass is 413 g/mol. The van der Waals surface area contributed by atoms with Gasteiger partial charge in [-0.1, -0.05) is 29.8 Å². The number of amides is 2. The molecule has 1 fully saturated rings. The molecule has 152 valence electrons. The van der Waals surface area contributed by atoms with Crippen molar-refractivity contribution < 1.29 is 18.0 Å². The topological polar surface area (TPSA) is 101 Å². The minimum absolute atomic E-state index is 0.207. The van der Waals surface area contributed by atoms with Crippen LogP contribution in [0.2, 0.25) is 0 Å². The third kappa shape index (κ3) is 3.37. The molecule has 4 rings (SSSR count). The van der Waals surface area contributed by atoms with Crippen LogP contribution in [0.1, 0.15) is 18.4 Å². The molecule has 8 heteroatoms. The van der Waals surface area contributed by atoms with Gasteiger partial charge in [0, 0.05) is 30.1 Å². The number of primary amides is 1. The number of hydrogen-bond acceptors (Lipinski definition) is 4. The van der Waals surface area contributed by atoms with Gasteiger partial charge >= 0.3 is 0 Å². The number of anilines is 1. The van der Waals surface area contributed by atoms with Gasteiger partial charge in [0.2, 0.25) is 11.8 Å². The number of carbonyl (C=O) groups is 2. The van der Waals surface area contributed by atoms with Crippen LogP contribution in [0.4, 0.5) is 5.69 Å². The summed E-state index contributed by atoms with van der Waals surface area (Å²) in [4.78, 5) is 26.1. The number of nitrogens with two attached hydrogens (primary N) is 1. The quantitative estimate of drug-likeness (QED) is 0.830. The zero-order valence-electron chi connectivity index (χ0n) is 16.2. The van der Waals surface area contributed by atoms with E-state index in [4.69, 9.17) is 5.73 Å². The van der Waals surface area contributed by atoms with Gasteiger partial charge in [-0.25, -0.2) is 8.42 Å². The predicted molar refractivity (Wildman–Crippen MR) is 110 cm³/mol. The molecule has 29 heavy (non-hydrogen) atoms. The Bertz CT molecular complexity index is 1090. The lowest BCUT2D eigenvalue weighted by Crippen LogP contribution is -2.47. The molecule has 2 aliphatic rings. The summed E-state index contributed by atoms with van der Waals surface area (Å²) in [5.74, 6) is -0.854. The molecule has 2 aromatic rings. The van der Waals surface area contributed by atoms with E-state index in [1.165, 1.54) is 4.31 Å². The van der Waals surface area contributed by atoms with E-state index >= 15 is 0 Å². The number of rotatable bonds is 3. The van der Waals surface area contributed by atoms with E-state index in [1.807, 2.05) is 25.1 Å². The number of hydrogen-bond donors (Lipinski definition) is 1. The summed E-state index contributed by atoms with van der Waals surface area (Å²) in [5.41, 5.74) is 8.33. The van der Waals surface area contributed by atoms with Crippen LogP contribution in [0.3, 0.4) is 0 Å². The number of carbonyl (C=O) groups excluding carboxylic acids is 2. The average molecular weight is 413 g/mol. The minimum Gasteiger partial charge on any atom is -0.369 e. The van der Waals surface area contributed by atoms with Crippen LogP contribution in [-0.4, -0.2) is 44.8 Å². The summed E-state index contributed by atoms with van der Waals surface area (Å²) in [6, 6.07) is 12.4. The molecule has 0 aromatic heterocycles. The van der Waals surface area contributed by atoms with Crippen molar-refractivity contribution in [3.8, 4) is 11.1 Å². The van der Waals surface area contributed by atoms with Gasteiger partial charge in [-0.2, -0.15) is 0 Å². The predicted octanol–water partition coefficient (Wildman–Crippen LogP) is 1.89. The van der Waals surface area contributed by atoms with Crippen LogP contribution in [-0.2, 0) is 19.6 Å². The highest BCUT2D eigenvalue weighted by molar-refractivity contribution is 7.93. The zero-order chi connectivity index (χ0) is 20.8. The van der Waals surface area contributed by atoms with Crippen LogP contribution in [0.5, 0.6) is 0 Å². The largest absolute Gasteiger partial charge is 0.369 e. The first-order valence-electron chi connectivity index (χ1n) is 9.59. The van der Waals surface area contributed by atoms with Crippen LogP contribution in [0, 0.1) is 12.8 Å². The lowest BCUT2D eigenvalue weighted by atomic mass is 9.96. The Hall–Kier alpha value is -2.87. The van der Waals surface area contributed by atoms with Crippen LogP contribution in [0.25, 0.3) is 11.1 Å². The van der Waals surface area contributed by atoms with Gasteiger partial charge in [-0.05, 0) is 38.0 Å². The van der Waals surface area contributed by atoms with E-state index < -0.39 is 10.0 Å². The fourth-order valence-corrected chi connectivity index (χ4v) is 5.69. The molecule has 7 nitrogen and oxygen atoms in total. The summed E-state index contributed by atoms with van der Waals surface area (Å²) in [6.07, 6.45) is 1.01. The van der Waals surface area contributed by atoms with Crippen molar-refractivity contribution in [3.63, 3.8) is 0 Å². The van der Waals surface area contributed by atoms with Crippen molar-refractivity contribution >= 4 is 27.5 Å². The van der Waals surface area contributed by atoms with Gasteiger partial charge in [0.25, 0.3) is 10.0 Å². The van der Waals surface area contributed by atoms with Gasteiger partial charge in [0.05, 0.1) is 10.6 Å². The van der Waals surface area contributed by atoms with E-state index in [0.717, 1.165) is 11.1 Å². The van der Waals surface area contributed by atoms with Crippen molar-refractivity contribution in [2.45, 2.75) is 24.7 Å². The second-order valence-corrected chi connectivity index (χ2v) is 9.42. The average Bonchev–Trinajstić information content (AvgIpc) is 2.71. The second-order valence-electron chi connectivity index (χ2n) is 7.59. The molecule has 0 aliphatic carbocycles. The van der Waals surface area contributed by atoms with Gasteiger partial charge in [-0.15, -0.1) is 0 Å². The Labute approximate surface area is 170 Å². The van der Waals surface area contributed by atoms with E-state index in [-0.39, 0.29) is 29.2 Å². The van der Waals surface area contributed by atoms with Crippen LogP contribution >= 0.6 is 0 Å². The highest BCUT2D eigenvalue weighted by atomic mass is 32.2. The van der Waals surface area contributed by atoms with Crippen molar-refractivity contribution in [2.75, 3.05) is 23.9 Å². The molecule has 0 radical (unpaired) electrons. The molecular formula is C21H23N3O4S. The first-order valence-corrected chi connectivity index (χ1v) is 11.0. The molecule has 2 aromatic carbocycles. The minimum atomic E-state index is -3.86. The number of nitrogens with zero attached hydrogens (tertiary/aromatic N) is 2. The fraction of sp³-hybridized carbons (Fsp3) is 0.333. The SMILES string of the molecule is Cc1ccc2c(c1)-c1ccccc1S(=O)(=O)N2CC(=O)N1CCC(C(N)=O)CC1. The standard InChI is InChI=1S/C21H23N3O4S/c1-14-6-7-18-17(12-14)16-4-2-3-5-19(16)29(27,28)24(18)13-20(25)23-10-8-15(9-11-23)21(22)26/h2-7,12,15H,8-11,13H2,1H3,(H2,22,26). The normalized spacial score (nSPS) is 18.1. The third-order valence-corrected chi connectivity index (χ3v) is 7.51. The summed E-state index contributed by atoms with van der Waals surface area (Å²) in [6.45, 7) is 2.48. The summed E-state index contributed by atoms with van der Waals surface area (Å²) < 4.78 is 27.8. The molecule has 0 atom stereocenters. The van der Waals surface area contributed by atoms with Crippen molar-refractivity contribution in [2.24, 2.45) is 11.7 Å². The maximum Gasteiger partial charge on any atom is 0.265 e. The van der Waals surface area contributed by atoms with Gasteiger partial charge in [-0.3, -0.25) is 13.9 Å². The fourth-order valence-electron chi connectivity index (χ4n) is 4.05.